The highest BCUT2D eigenvalue weighted by atomic mass is 79.9. The molecule has 32 heavy (non-hydrogen) atoms. The maximum absolute atomic E-state index is 12.6. The van der Waals surface area contributed by atoms with Crippen molar-refractivity contribution in [1.82, 2.24) is 4.98 Å². The van der Waals surface area contributed by atoms with Crippen LogP contribution in [-0.2, 0) is 0 Å². The number of nitrogens with zero attached hydrogens (tertiary/aromatic N) is 1. The van der Waals surface area contributed by atoms with E-state index in [-0.39, 0.29) is 11.7 Å². The van der Waals surface area contributed by atoms with Crippen molar-refractivity contribution in [1.29, 1.82) is 0 Å². The summed E-state index contributed by atoms with van der Waals surface area (Å²) in [4.78, 5) is 17.1. The maximum Gasteiger partial charge on any atom is 0.291 e. The Morgan fingerprint density at radius 2 is 1.66 bits per heavy atom. The van der Waals surface area contributed by atoms with Gasteiger partial charge >= 0.3 is 0 Å². The van der Waals surface area contributed by atoms with Gasteiger partial charge in [-0.2, -0.15) is 0 Å². The lowest BCUT2D eigenvalue weighted by Gasteiger charge is -2.04. The van der Waals surface area contributed by atoms with Gasteiger partial charge in [-0.15, -0.1) is 0 Å². The van der Waals surface area contributed by atoms with Gasteiger partial charge in [0.25, 0.3) is 5.91 Å². The van der Waals surface area contributed by atoms with Gasteiger partial charge in [-0.25, -0.2) is 4.98 Å². The predicted octanol–water partition coefficient (Wildman–Crippen LogP) is 6.78. The summed E-state index contributed by atoms with van der Waals surface area (Å²) in [6.07, 6.45) is 0. The standard InChI is InChI=1S/C25H17BrN2O4/c1-30-19-10-11-22-20(14-19)28-25(32-22)16-4-8-18(9-5-16)27-24(29)23-13-12-21(31-23)15-2-6-17(26)7-3-15/h2-14H,1H3,(H,27,29). The number of rotatable bonds is 5. The number of methoxy groups -OCH3 is 1. The molecule has 0 aliphatic carbocycles. The van der Waals surface area contributed by atoms with E-state index in [1.54, 1.807) is 31.4 Å². The molecule has 158 valence electrons. The molecule has 0 aliphatic rings. The van der Waals surface area contributed by atoms with Crippen LogP contribution in [0.15, 0.2) is 92.2 Å². The first kappa shape index (κ1) is 20.1. The smallest absolute Gasteiger partial charge is 0.291 e. The maximum atomic E-state index is 12.6. The van der Waals surface area contributed by atoms with Crippen LogP contribution in [0.25, 0.3) is 33.9 Å². The SMILES string of the molecule is COc1ccc2oc(-c3ccc(NC(=O)c4ccc(-c5ccc(Br)cc5)o4)cc3)nc2c1. The third kappa shape index (κ3) is 4.02. The van der Waals surface area contributed by atoms with Gasteiger partial charge in [0.15, 0.2) is 11.3 Å². The number of nitrogens with one attached hydrogen (secondary N) is 1. The van der Waals surface area contributed by atoms with Crippen LogP contribution in [-0.4, -0.2) is 18.0 Å². The number of benzene rings is 3. The fraction of sp³-hybridized carbons (Fsp3) is 0.0400. The van der Waals surface area contributed by atoms with Gasteiger partial charge in [0.2, 0.25) is 5.89 Å². The normalized spacial score (nSPS) is 10.9. The average molecular weight is 489 g/mol. The van der Waals surface area contributed by atoms with Crippen LogP contribution in [0.3, 0.4) is 0 Å². The minimum atomic E-state index is -0.324. The molecule has 0 spiro atoms. The van der Waals surface area contributed by atoms with E-state index in [2.05, 4.69) is 26.2 Å². The number of anilines is 1. The number of carbonyl (C=O) groups is 1. The number of hydrogen-bond acceptors (Lipinski definition) is 5. The molecule has 5 rings (SSSR count). The fourth-order valence-electron chi connectivity index (χ4n) is 3.28. The molecule has 2 heterocycles. The molecule has 7 heteroatoms. The van der Waals surface area contributed by atoms with E-state index in [0.29, 0.717) is 22.9 Å². The molecule has 0 radical (unpaired) electrons. The Labute approximate surface area is 192 Å². The van der Waals surface area contributed by atoms with Crippen LogP contribution >= 0.6 is 15.9 Å². The number of ether oxygens (including phenoxy) is 1. The molecule has 3 aromatic carbocycles. The van der Waals surface area contributed by atoms with E-state index in [0.717, 1.165) is 26.9 Å². The molecule has 0 bridgehead atoms. The first-order valence-corrected chi connectivity index (χ1v) is 10.6. The summed E-state index contributed by atoms with van der Waals surface area (Å²) in [7, 11) is 1.61. The van der Waals surface area contributed by atoms with Crippen molar-refractivity contribution < 1.29 is 18.4 Å². The number of amides is 1. The molecule has 1 amide bonds. The summed E-state index contributed by atoms with van der Waals surface area (Å²) in [6, 6.07) is 23.9. The predicted molar refractivity (Wildman–Crippen MR) is 126 cm³/mol. The molecular formula is C25H17BrN2O4. The lowest BCUT2D eigenvalue weighted by Crippen LogP contribution is -2.10. The Balaban J connectivity index is 1.30. The van der Waals surface area contributed by atoms with E-state index >= 15 is 0 Å². The second-order valence-corrected chi connectivity index (χ2v) is 7.97. The second-order valence-electron chi connectivity index (χ2n) is 7.05. The Kier molecular flexibility index (Phi) is 5.25. The highest BCUT2D eigenvalue weighted by Gasteiger charge is 2.14. The van der Waals surface area contributed by atoms with E-state index in [1.807, 2.05) is 54.6 Å². The molecule has 6 nitrogen and oxygen atoms in total. The Bertz CT molecular complexity index is 1400. The van der Waals surface area contributed by atoms with Gasteiger partial charge in [0.1, 0.15) is 17.0 Å². The third-order valence-electron chi connectivity index (χ3n) is 4.94. The van der Waals surface area contributed by atoms with E-state index in [1.165, 1.54) is 0 Å². The number of aromatic nitrogens is 1. The molecule has 2 aromatic heterocycles. The van der Waals surface area contributed by atoms with Crippen molar-refractivity contribution >= 4 is 38.6 Å². The first-order valence-electron chi connectivity index (χ1n) is 9.81. The van der Waals surface area contributed by atoms with E-state index in [4.69, 9.17) is 13.6 Å². The molecule has 0 fully saturated rings. The molecule has 0 saturated carbocycles. The zero-order chi connectivity index (χ0) is 22.1. The number of oxazole rings is 1. The minimum Gasteiger partial charge on any atom is -0.497 e. The van der Waals surface area contributed by atoms with Gasteiger partial charge in [0, 0.05) is 27.4 Å². The molecule has 0 saturated heterocycles. The second kappa shape index (κ2) is 8.36. The highest BCUT2D eigenvalue weighted by molar-refractivity contribution is 9.10. The van der Waals surface area contributed by atoms with Crippen molar-refractivity contribution in [2.75, 3.05) is 12.4 Å². The Hall–Kier alpha value is -3.84. The summed E-state index contributed by atoms with van der Waals surface area (Å²) in [6.45, 7) is 0. The first-order chi connectivity index (χ1) is 15.6. The van der Waals surface area contributed by atoms with Gasteiger partial charge in [-0.3, -0.25) is 4.79 Å². The summed E-state index contributed by atoms with van der Waals surface area (Å²) < 4.78 is 17.8. The summed E-state index contributed by atoms with van der Waals surface area (Å²) in [5, 5.41) is 2.84. The number of carbonyl (C=O) groups excluding carboxylic acids is 1. The van der Waals surface area contributed by atoms with Crippen molar-refractivity contribution in [3.63, 3.8) is 0 Å². The van der Waals surface area contributed by atoms with E-state index in [9.17, 15) is 4.79 Å². The topological polar surface area (TPSA) is 77.5 Å². The Morgan fingerprint density at radius 1 is 0.906 bits per heavy atom. The zero-order valence-electron chi connectivity index (χ0n) is 17.0. The lowest BCUT2D eigenvalue weighted by atomic mass is 10.2. The van der Waals surface area contributed by atoms with Crippen LogP contribution in [0, 0.1) is 0 Å². The van der Waals surface area contributed by atoms with Crippen molar-refractivity contribution in [3.05, 3.63) is 89.1 Å². The quantitative estimate of drug-likeness (QED) is 0.295. The Morgan fingerprint density at radius 3 is 2.41 bits per heavy atom. The van der Waals surface area contributed by atoms with Crippen molar-refractivity contribution in [2.45, 2.75) is 0 Å². The van der Waals surface area contributed by atoms with Crippen LogP contribution in [0.2, 0.25) is 0 Å². The van der Waals surface area contributed by atoms with Crippen molar-refractivity contribution in [2.24, 2.45) is 0 Å². The number of furan rings is 1. The third-order valence-corrected chi connectivity index (χ3v) is 5.47. The molecule has 0 atom stereocenters. The average Bonchev–Trinajstić information content (AvgIpc) is 3.47. The van der Waals surface area contributed by atoms with Crippen LogP contribution < -0.4 is 10.1 Å². The molecule has 1 N–H and O–H groups in total. The van der Waals surface area contributed by atoms with Crippen molar-refractivity contribution in [3.8, 4) is 28.5 Å². The summed E-state index contributed by atoms with van der Waals surface area (Å²) >= 11 is 3.41. The van der Waals surface area contributed by atoms with Crippen LogP contribution in [0.1, 0.15) is 10.6 Å². The molecule has 5 aromatic rings. The number of halogens is 1. The summed E-state index contributed by atoms with van der Waals surface area (Å²) in [5.74, 6) is 1.76. The van der Waals surface area contributed by atoms with Crippen LogP contribution in [0.4, 0.5) is 5.69 Å². The molecule has 0 unspecified atom stereocenters. The monoisotopic (exact) mass is 488 g/mol. The van der Waals surface area contributed by atoms with Gasteiger partial charge in [-0.05, 0) is 60.7 Å². The number of hydrogen-bond donors (Lipinski definition) is 1. The molecule has 0 aliphatic heterocycles. The van der Waals surface area contributed by atoms with E-state index < -0.39 is 0 Å². The largest absolute Gasteiger partial charge is 0.497 e. The van der Waals surface area contributed by atoms with Gasteiger partial charge in [0.05, 0.1) is 7.11 Å². The van der Waals surface area contributed by atoms with Gasteiger partial charge < -0.3 is 18.9 Å². The minimum absolute atomic E-state index is 0.236. The number of fused-ring (bicyclic) bond motifs is 1. The summed E-state index contributed by atoms with van der Waals surface area (Å²) in [5.41, 5.74) is 3.73. The fourth-order valence-corrected chi connectivity index (χ4v) is 3.54. The van der Waals surface area contributed by atoms with Crippen LogP contribution in [0.5, 0.6) is 5.75 Å². The van der Waals surface area contributed by atoms with Gasteiger partial charge in [-0.1, -0.05) is 28.1 Å². The highest BCUT2D eigenvalue weighted by Crippen LogP contribution is 2.28. The zero-order valence-corrected chi connectivity index (χ0v) is 18.5. The molecular weight excluding hydrogens is 472 g/mol. The lowest BCUT2D eigenvalue weighted by molar-refractivity contribution is 0.0997.